The van der Waals surface area contributed by atoms with Crippen molar-refractivity contribution in [2.45, 2.75) is 26.3 Å². The van der Waals surface area contributed by atoms with Crippen LogP contribution in [-0.4, -0.2) is 11.0 Å². The van der Waals surface area contributed by atoms with Crippen LogP contribution >= 0.6 is 0 Å². The molecule has 1 aromatic heterocycles. The molecule has 0 aromatic carbocycles. The number of pyridine rings is 1. The van der Waals surface area contributed by atoms with E-state index in [1.165, 1.54) is 0 Å². The Kier molecular flexibility index (Phi) is 2.90. The van der Waals surface area contributed by atoms with Gasteiger partial charge in [-0.05, 0) is 25.5 Å². The number of aromatic nitrogens is 1. The van der Waals surface area contributed by atoms with Crippen LogP contribution in [0.5, 0.6) is 0 Å². The highest BCUT2D eigenvalue weighted by molar-refractivity contribution is 5.33. The van der Waals surface area contributed by atoms with Gasteiger partial charge in [-0.3, -0.25) is 0 Å². The highest BCUT2D eigenvalue weighted by atomic mass is 15.0. The van der Waals surface area contributed by atoms with Crippen molar-refractivity contribution in [2.24, 2.45) is 0 Å². The largest absolute Gasteiger partial charge is 0.368 e. The van der Waals surface area contributed by atoms with Crippen molar-refractivity contribution in [2.75, 3.05) is 5.32 Å². The number of hydrogen-bond donors (Lipinski definition) is 1. The molecule has 1 aromatic rings. The van der Waals surface area contributed by atoms with E-state index in [0.717, 1.165) is 12.2 Å². The summed E-state index contributed by atoms with van der Waals surface area (Å²) in [4.78, 5) is 4.16. The van der Waals surface area contributed by atoms with Gasteiger partial charge in [0.1, 0.15) is 5.82 Å². The van der Waals surface area contributed by atoms with E-state index in [1.807, 2.05) is 18.2 Å². The van der Waals surface area contributed by atoms with E-state index in [4.69, 9.17) is 0 Å². The molecule has 1 rings (SSSR count). The molecule has 0 amide bonds. The molecule has 0 saturated heterocycles. The van der Waals surface area contributed by atoms with Gasteiger partial charge in [0.05, 0.1) is 0 Å². The third-order valence-electron chi connectivity index (χ3n) is 1.67. The molecule has 0 aliphatic carbocycles. The van der Waals surface area contributed by atoms with Gasteiger partial charge < -0.3 is 5.32 Å². The van der Waals surface area contributed by atoms with Gasteiger partial charge in [-0.25, -0.2) is 4.98 Å². The lowest BCUT2D eigenvalue weighted by Gasteiger charge is -2.10. The number of hydrogen-bond acceptors (Lipinski definition) is 2. The summed E-state index contributed by atoms with van der Waals surface area (Å²) >= 11 is 0. The summed E-state index contributed by atoms with van der Waals surface area (Å²) in [5.74, 6) is 0.960. The third-order valence-corrected chi connectivity index (χ3v) is 1.67. The molecule has 0 aliphatic heterocycles. The van der Waals surface area contributed by atoms with Crippen LogP contribution in [0, 0.1) is 0 Å². The van der Waals surface area contributed by atoms with Crippen LogP contribution < -0.4 is 5.32 Å². The summed E-state index contributed by atoms with van der Waals surface area (Å²) in [5.41, 5.74) is 0. The van der Waals surface area contributed by atoms with Crippen LogP contribution in [0.1, 0.15) is 20.3 Å². The second-order valence-electron chi connectivity index (χ2n) is 2.67. The normalized spacial score (nSPS) is 12.5. The van der Waals surface area contributed by atoms with Crippen molar-refractivity contribution >= 4 is 5.82 Å². The number of anilines is 1. The molecule has 0 fully saturated rings. The van der Waals surface area contributed by atoms with Crippen LogP contribution in [-0.2, 0) is 0 Å². The first-order chi connectivity index (χ1) is 5.33. The second-order valence-corrected chi connectivity index (χ2v) is 2.67. The first-order valence-electron chi connectivity index (χ1n) is 4.00. The van der Waals surface area contributed by atoms with Crippen molar-refractivity contribution in [3.8, 4) is 0 Å². The van der Waals surface area contributed by atoms with E-state index in [-0.39, 0.29) is 0 Å². The minimum atomic E-state index is 0.505. The van der Waals surface area contributed by atoms with Crippen LogP contribution in [0.2, 0.25) is 0 Å². The zero-order chi connectivity index (χ0) is 8.10. The highest BCUT2D eigenvalue weighted by Gasteiger charge is 1.96. The maximum Gasteiger partial charge on any atom is 0.126 e. The highest BCUT2D eigenvalue weighted by Crippen LogP contribution is 2.03. The summed E-state index contributed by atoms with van der Waals surface area (Å²) in [6, 6.07) is 6.39. The molecule has 1 heterocycles. The monoisotopic (exact) mass is 150 g/mol. The summed E-state index contributed by atoms with van der Waals surface area (Å²) in [6.07, 6.45) is 2.92. The summed E-state index contributed by atoms with van der Waals surface area (Å²) in [7, 11) is 0. The fraction of sp³-hybridized carbons (Fsp3) is 0.444. The van der Waals surface area contributed by atoms with Gasteiger partial charge in [-0.2, -0.15) is 0 Å². The lowest BCUT2D eigenvalue weighted by Crippen LogP contribution is -2.13. The fourth-order valence-electron chi connectivity index (χ4n) is 0.803. The van der Waals surface area contributed by atoms with Gasteiger partial charge in [-0.1, -0.05) is 13.0 Å². The van der Waals surface area contributed by atoms with Crippen LogP contribution in [0.15, 0.2) is 24.4 Å². The Balaban J connectivity index is 2.51. The Labute approximate surface area is 67.7 Å². The van der Waals surface area contributed by atoms with Gasteiger partial charge in [0.15, 0.2) is 0 Å². The van der Waals surface area contributed by atoms with E-state index in [0.29, 0.717) is 6.04 Å². The smallest absolute Gasteiger partial charge is 0.126 e. The maximum absolute atomic E-state index is 4.16. The maximum atomic E-state index is 4.16. The average Bonchev–Trinajstić information content (AvgIpc) is 2.06. The molecule has 1 atom stereocenters. The molecule has 60 valence electrons. The summed E-state index contributed by atoms with van der Waals surface area (Å²) in [5, 5.41) is 3.28. The third kappa shape index (κ3) is 2.58. The van der Waals surface area contributed by atoms with Crippen molar-refractivity contribution in [3.05, 3.63) is 24.4 Å². The van der Waals surface area contributed by atoms with Gasteiger partial charge in [0.2, 0.25) is 0 Å². The van der Waals surface area contributed by atoms with Crippen LogP contribution in [0.3, 0.4) is 0 Å². The number of rotatable bonds is 3. The Morgan fingerprint density at radius 3 is 2.91 bits per heavy atom. The van der Waals surface area contributed by atoms with Gasteiger partial charge in [0.25, 0.3) is 0 Å². The molecule has 0 unspecified atom stereocenters. The summed E-state index contributed by atoms with van der Waals surface area (Å²) in [6.45, 7) is 4.30. The Hall–Kier alpha value is -1.05. The van der Waals surface area contributed by atoms with Crippen LogP contribution in [0.25, 0.3) is 0 Å². The fourth-order valence-corrected chi connectivity index (χ4v) is 0.803. The molecule has 11 heavy (non-hydrogen) atoms. The molecule has 0 bridgehead atoms. The Morgan fingerprint density at radius 1 is 1.55 bits per heavy atom. The van der Waals surface area contributed by atoms with Crippen LogP contribution in [0.4, 0.5) is 5.82 Å². The average molecular weight is 150 g/mol. The quantitative estimate of drug-likeness (QED) is 0.715. The SMILES string of the molecule is CC[C@H](C)Nc1ccccn1. The predicted molar refractivity (Wildman–Crippen MR) is 47.6 cm³/mol. The Bertz CT molecular complexity index is 196. The standard InChI is InChI=1S/C9H14N2/c1-3-8(2)11-9-6-4-5-7-10-9/h4-8H,3H2,1-2H3,(H,10,11)/t8-/m0/s1. The second kappa shape index (κ2) is 3.96. The van der Waals surface area contributed by atoms with Crippen molar-refractivity contribution in [1.82, 2.24) is 4.98 Å². The minimum absolute atomic E-state index is 0.505. The topological polar surface area (TPSA) is 24.9 Å². The molecule has 1 N–H and O–H groups in total. The molecular formula is C9H14N2. The molecule has 0 radical (unpaired) electrons. The summed E-state index contributed by atoms with van der Waals surface area (Å²) < 4.78 is 0. The predicted octanol–water partition coefficient (Wildman–Crippen LogP) is 2.29. The van der Waals surface area contributed by atoms with Crippen molar-refractivity contribution in [3.63, 3.8) is 0 Å². The Morgan fingerprint density at radius 2 is 2.36 bits per heavy atom. The lowest BCUT2D eigenvalue weighted by molar-refractivity contribution is 0.759. The van der Waals surface area contributed by atoms with E-state index in [2.05, 4.69) is 24.1 Å². The van der Waals surface area contributed by atoms with E-state index >= 15 is 0 Å². The molecule has 0 aliphatic rings. The minimum Gasteiger partial charge on any atom is -0.368 e. The molecular weight excluding hydrogens is 136 g/mol. The zero-order valence-electron chi connectivity index (χ0n) is 7.04. The van der Waals surface area contributed by atoms with Crippen molar-refractivity contribution < 1.29 is 0 Å². The lowest BCUT2D eigenvalue weighted by atomic mass is 10.2. The molecule has 2 nitrogen and oxygen atoms in total. The van der Waals surface area contributed by atoms with Gasteiger partial charge >= 0.3 is 0 Å². The van der Waals surface area contributed by atoms with Crippen molar-refractivity contribution in [1.29, 1.82) is 0 Å². The van der Waals surface area contributed by atoms with E-state index < -0.39 is 0 Å². The van der Waals surface area contributed by atoms with E-state index in [1.54, 1.807) is 6.20 Å². The first-order valence-corrected chi connectivity index (χ1v) is 4.00. The number of nitrogens with one attached hydrogen (secondary N) is 1. The zero-order valence-corrected chi connectivity index (χ0v) is 7.04. The van der Waals surface area contributed by atoms with Gasteiger partial charge in [0, 0.05) is 12.2 Å². The molecule has 0 spiro atoms. The van der Waals surface area contributed by atoms with E-state index in [9.17, 15) is 0 Å². The molecule has 2 heteroatoms. The molecule has 0 saturated carbocycles. The first kappa shape index (κ1) is 8.05. The number of nitrogens with zero attached hydrogens (tertiary/aromatic N) is 1. The van der Waals surface area contributed by atoms with Gasteiger partial charge in [-0.15, -0.1) is 0 Å².